The molecule has 0 unspecified atom stereocenters. The Morgan fingerprint density at radius 3 is 2.86 bits per heavy atom. The van der Waals surface area contributed by atoms with Gasteiger partial charge in [-0.05, 0) is 30.7 Å². The Labute approximate surface area is 87.3 Å². The number of carbonyl (C=O) groups excluding carboxylic acids is 1. The van der Waals surface area contributed by atoms with Crippen LogP contribution in [0.2, 0.25) is 5.02 Å². The molecule has 0 fully saturated rings. The van der Waals surface area contributed by atoms with Crippen LogP contribution in [0.4, 0.5) is 5.69 Å². The van der Waals surface area contributed by atoms with Gasteiger partial charge in [0.15, 0.2) is 0 Å². The minimum Gasteiger partial charge on any atom is -0.325 e. The maximum absolute atomic E-state index is 11.1. The lowest BCUT2D eigenvalue weighted by atomic mass is 10.2. The molecule has 1 rings (SSSR count). The van der Waals surface area contributed by atoms with Crippen molar-refractivity contribution in [3.05, 3.63) is 28.8 Å². The molecule has 0 saturated heterocycles. The van der Waals surface area contributed by atoms with E-state index >= 15 is 0 Å². The third kappa shape index (κ3) is 3.08. The molecule has 3 nitrogen and oxygen atoms in total. The van der Waals surface area contributed by atoms with Gasteiger partial charge < -0.3 is 5.32 Å². The average Bonchev–Trinajstić information content (AvgIpc) is 2.01. The van der Waals surface area contributed by atoms with Gasteiger partial charge in [-0.15, -0.1) is 0 Å². The minimum absolute atomic E-state index is 0.147. The fraction of sp³-hybridized carbons (Fsp3) is 0.200. The Balaban J connectivity index is 2.77. The summed E-state index contributed by atoms with van der Waals surface area (Å²) in [6, 6.07) is 7.00. The molecule has 1 amide bonds. The fourth-order valence-electron chi connectivity index (χ4n) is 1.09. The summed E-state index contributed by atoms with van der Waals surface area (Å²) < 4.78 is 0. The van der Waals surface area contributed by atoms with E-state index in [1.807, 2.05) is 6.92 Å². The topological polar surface area (TPSA) is 52.9 Å². The SMILES string of the molecule is Cc1cc(Cl)cc(NC(=O)CC#N)c1. The Bertz CT molecular complexity index is 375. The van der Waals surface area contributed by atoms with E-state index in [0.717, 1.165) is 5.56 Å². The maximum Gasteiger partial charge on any atom is 0.238 e. The van der Waals surface area contributed by atoms with Crippen LogP contribution in [0.25, 0.3) is 0 Å². The van der Waals surface area contributed by atoms with Gasteiger partial charge in [0.05, 0.1) is 6.07 Å². The van der Waals surface area contributed by atoms with Crippen LogP contribution in [-0.2, 0) is 4.79 Å². The lowest BCUT2D eigenvalue weighted by Crippen LogP contribution is -2.10. The maximum atomic E-state index is 11.1. The van der Waals surface area contributed by atoms with Crippen LogP contribution >= 0.6 is 11.6 Å². The molecule has 1 aromatic carbocycles. The number of hydrogen-bond donors (Lipinski definition) is 1. The number of carbonyl (C=O) groups is 1. The molecular weight excluding hydrogens is 200 g/mol. The molecule has 72 valence electrons. The highest BCUT2D eigenvalue weighted by Gasteiger charge is 2.02. The van der Waals surface area contributed by atoms with E-state index in [2.05, 4.69) is 5.32 Å². The van der Waals surface area contributed by atoms with E-state index in [0.29, 0.717) is 10.7 Å². The third-order valence-electron chi connectivity index (χ3n) is 1.57. The summed E-state index contributed by atoms with van der Waals surface area (Å²) in [5.41, 5.74) is 1.58. The number of amides is 1. The molecule has 0 heterocycles. The lowest BCUT2D eigenvalue weighted by Gasteiger charge is -2.04. The van der Waals surface area contributed by atoms with Crippen molar-refractivity contribution in [2.24, 2.45) is 0 Å². The monoisotopic (exact) mass is 208 g/mol. The standard InChI is InChI=1S/C10H9ClN2O/c1-7-4-8(11)6-9(5-7)13-10(14)2-3-12/h4-6H,2H2,1H3,(H,13,14). The van der Waals surface area contributed by atoms with Gasteiger partial charge in [-0.25, -0.2) is 0 Å². The second-order valence-corrected chi connectivity index (χ2v) is 3.34. The molecular formula is C10H9ClN2O. The number of nitrogens with zero attached hydrogens (tertiary/aromatic N) is 1. The quantitative estimate of drug-likeness (QED) is 0.812. The molecule has 0 saturated carbocycles. The van der Waals surface area contributed by atoms with Gasteiger partial charge in [-0.3, -0.25) is 4.79 Å². The van der Waals surface area contributed by atoms with Gasteiger partial charge in [-0.1, -0.05) is 11.6 Å². The first kappa shape index (κ1) is 10.6. The van der Waals surface area contributed by atoms with E-state index in [9.17, 15) is 4.79 Å². The molecule has 0 aliphatic heterocycles. The van der Waals surface area contributed by atoms with Gasteiger partial charge >= 0.3 is 0 Å². The molecule has 1 N–H and O–H groups in total. The molecule has 4 heteroatoms. The highest BCUT2D eigenvalue weighted by molar-refractivity contribution is 6.31. The normalized spacial score (nSPS) is 9.21. The Kier molecular flexibility index (Phi) is 3.49. The van der Waals surface area contributed by atoms with Gasteiger partial charge in [0.25, 0.3) is 0 Å². The number of halogens is 1. The largest absolute Gasteiger partial charge is 0.325 e. The highest BCUT2D eigenvalue weighted by Crippen LogP contribution is 2.18. The van der Waals surface area contributed by atoms with Gasteiger partial charge in [0.1, 0.15) is 6.42 Å². The summed E-state index contributed by atoms with van der Waals surface area (Å²) in [5, 5.41) is 11.4. The van der Waals surface area contributed by atoms with E-state index in [-0.39, 0.29) is 12.3 Å². The number of aryl methyl sites for hydroxylation is 1. The summed E-state index contributed by atoms with van der Waals surface area (Å²) in [4.78, 5) is 11.1. The van der Waals surface area contributed by atoms with Crippen LogP contribution in [0.15, 0.2) is 18.2 Å². The first-order chi connectivity index (χ1) is 6.61. The van der Waals surface area contributed by atoms with Crippen molar-refractivity contribution >= 4 is 23.2 Å². The highest BCUT2D eigenvalue weighted by atomic mass is 35.5. The van der Waals surface area contributed by atoms with Crippen molar-refractivity contribution in [1.29, 1.82) is 5.26 Å². The zero-order chi connectivity index (χ0) is 10.6. The Morgan fingerprint density at radius 1 is 1.57 bits per heavy atom. The predicted molar refractivity (Wildman–Crippen MR) is 55.0 cm³/mol. The summed E-state index contributed by atoms with van der Waals surface area (Å²) in [7, 11) is 0. The van der Waals surface area contributed by atoms with E-state index in [1.165, 1.54) is 0 Å². The van der Waals surface area contributed by atoms with Crippen LogP contribution < -0.4 is 5.32 Å². The predicted octanol–water partition coefficient (Wildman–Crippen LogP) is 2.50. The smallest absolute Gasteiger partial charge is 0.238 e. The third-order valence-corrected chi connectivity index (χ3v) is 1.78. The molecule has 0 spiro atoms. The van der Waals surface area contributed by atoms with Crippen LogP contribution in [0.1, 0.15) is 12.0 Å². The number of nitriles is 1. The molecule has 14 heavy (non-hydrogen) atoms. The summed E-state index contributed by atoms with van der Waals surface area (Å²) in [6.45, 7) is 1.88. The number of nitrogens with one attached hydrogen (secondary N) is 1. The summed E-state index contributed by atoms with van der Waals surface area (Å²) >= 11 is 5.79. The fourth-order valence-corrected chi connectivity index (χ4v) is 1.38. The zero-order valence-electron chi connectivity index (χ0n) is 7.67. The minimum atomic E-state index is -0.325. The lowest BCUT2D eigenvalue weighted by molar-refractivity contribution is -0.115. The number of benzene rings is 1. The van der Waals surface area contributed by atoms with Crippen molar-refractivity contribution in [3.63, 3.8) is 0 Å². The second kappa shape index (κ2) is 4.64. The van der Waals surface area contributed by atoms with Gasteiger partial charge in [0, 0.05) is 10.7 Å². The Hall–Kier alpha value is -1.53. The first-order valence-corrected chi connectivity index (χ1v) is 4.43. The molecule has 0 bridgehead atoms. The number of hydrogen-bond acceptors (Lipinski definition) is 2. The molecule has 0 aliphatic carbocycles. The van der Waals surface area contributed by atoms with Crippen molar-refractivity contribution < 1.29 is 4.79 Å². The van der Waals surface area contributed by atoms with E-state index < -0.39 is 0 Å². The summed E-state index contributed by atoms with van der Waals surface area (Å²) in [5.74, 6) is -0.325. The van der Waals surface area contributed by atoms with Gasteiger partial charge in [-0.2, -0.15) is 5.26 Å². The number of rotatable bonds is 2. The molecule has 0 atom stereocenters. The first-order valence-electron chi connectivity index (χ1n) is 4.06. The van der Waals surface area contributed by atoms with Crippen LogP contribution in [0.3, 0.4) is 0 Å². The van der Waals surface area contributed by atoms with Crippen molar-refractivity contribution in [2.75, 3.05) is 5.32 Å². The van der Waals surface area contributed by atoms with Crippen molar-refractivity contribution in [1.82, 2.24) is 0 Å². The van der Waals surface area contributed by atoms with E-state index in [4.69, 9.17) is 16.9 Å². The van der Waals surface area contributed by atoms with Crippen LogP contribution in [0, 0.1) is 18.3 Å². The zero-order valence-corrected chi connectivity index (χ0v) is 8.43. The average molecular weight is 209 g/mol. The molecule has 0 aliphatic rings. The van der Waals surface area contributed by atoms with Crippen molar-refractivity contribution in [2.45, 2.75) is 13.3 Å². The molecule has 0 aromatic heterocycles. The number of anilines is 1. The van der Waals surface area contributed by atoms with E-state index in [1.54, 1.807) is 24.3 Å². The van der Waals surface area contributed by atoms with Crippen LogP contribution in [0.5, 0.6) is 0 Å². The van der Waals surface area contributed by atoms with Crippen molar-refractivity contribution in [3.8, 4) is 6.07 Å². The second-order valence-electron chi connectivity index (χ2n) is 2.90. The van der Waals surface area contributed by atoms with Gasteiger partial charge in [0.2, 0.25) is 5.91 Å². The van der Waals surface area contributed by atoms with Crippen LogP contribution in [-0.4, -0.2) is 5.91 Å². The molecule has 1 aromatic rings. The Morgan fingerprint density at radius 2 is 2.29 bits per heavy atom. The molecule has 0 radical (unpaired) electrons. The summed E-state index contributed by atoms with van der Waals surface area (Å²) in [6.07, 6.45) is -0.147.